The van der Waals surface area contributed by atoms with Crippen molar-refractivity contribution in [3.05, 3.63) is 34.4 Å². The molecule has 1 aliphatic rings. The molecule has 1 heterocycles. The number of ether oxygens (including phenoxy) is 1. The Bertz CT molecular complexity index is 489. The van der Waals surface area contributed by atoms with Crippen LogP contribution in [0.5, 0.6) is 0 Å². The van der Waals surface area contributed by atoms with Crippen LogP contribution < -0.4 is 4.90 Å². The lowest BCUT2D eigenvalue weighted by molar-refractivity contribution is -0.384. The molecule has 0 aromatic heterocycles. The third-order valence-corrected chi connectivity index (χ3v) is 2.12. The van der Waals surface area contributed by atoms with Crippen molar-refractivity contribution < 1.29 is 17.2 Å². The first-order valence-electron chi connectivity index (χ1n) is 5.57. The van der Waals surface area contributed by atoms with E-state index in [0.29, 0.717) is 0 Å². The number of anilines is 1. The highest BCUT2D eigenvalue weighted by Gasteiger charge is 2.20. The van der Waals surface area contributed by atoms with Crippen molar-refractivity contribution in [2.45, 2.75) is 0 Å². The summed E-state index contributed by atoms with van der Waals surface area (Å²) < 4.78 is 20.2. The van der Waals surface area contributed by atoms with Crippen LogP contribution in [0.1, 0.15) is 2.74 Å². The Balaban J connectivity index is 2.34. The smallest absolute Gasteiger partial charge is 0.269 e. The van der Waals surface area contributed by atoms with Crippen molar-refractivity contribution in [1.82, 2.24) is 0 Å². The van der Waals surface area contributed by atoms with E-state index in [1.165, 1.54) is 24.3 Å². The summed E-state index contributed by atoms with van der Waals surface area (Å²) in [6, 6.07) is 5.15. The SMILES string of the molecule is [2H]C1([2H])COCC(=O)N1c1ccc([N+](=O)[O-])cc1. The maximum Gasteiger partial charge on any atom is 0.269 e. The topological polar surface area (TPSA) is 72.7 Å². The molecule has 84 valence electrons. The number of hydrogen-bond acceptors (Lipinski definition) is 4. The van der Waals surface area contributed by atoms with E-state index < -0.39 is 17.3 Å². The van der Waals surface area contributed by atoms with Gasteiger partial charge in [-0.1, -0.05) is 0 Å². The number of non-ortho nitro benzene ring substituents is 1. The van der Waals surface area contributed by atoms with Crippen molar-refractivity contribution in [1.29, 1.82) is 0 Å². The summed E-state index contributed by atoms with van der Waals surface area (Å²) in [5, 5.41) is 10.5. The Labute approximate surface area is 94.4 Å². The van der Waals surface area contributed by atoms with Gasteiger partial charge in [-0.3, -0.25) is 14.9 Å². The Morgan fingerprint density at radius 1 is 1.44 bits per heavy atom. The number of morpholine rings is 1. The van der Waals surface area contributed by atoms with Crippen LogP contribution in [0.4, 0.5) is 11.4 Å². The van der Waals surface area contributed by atoms with Crippen molar-refractivity contribution in [2.75, 3.05) is 24.6 Å². The van der Waals surface area contributed by atoms with E-state index in [1.807, 2.05) is 0 Å². The summed E-state index contributed by atoms with van der Waals surface area (Å²) in [7, 11) is 0. The molecule has 0 spiro atoms. The largest absolute Gasteiger partial charge is 0.370 e. The van der Waals surface area contributed by atoms with Gasteiger partial charge in [0.05, 0.1) is 14.3 Å². The highest BCUT2D eigenvalue weighted by atomic mass is 16.6. The minimum absolute atomic E-state index is 0.111. The second kappa shape index (κ2) is 4.28. The van der Waals surface area contributed by atoms with E-state index in [4.69, 9.17) is 7.48 Å². The van der Waals surface area contributed by atoms with Gasteiger partial charge in [-0.2, -0.15) is 0 Å². The summed E-state index contributed by atoms with van der Waals surface area (Å²) in [6.45, 7) is -2.38. The molecular weight excluding hydrogens is 212 g/mol. The summed E-state index contributed by atoms with van der Waals surface area (Å²) in [5.41, 5.74) is 0.166. The molecule has 0 atom stereocenters. The van der Waals surface area contributed by atoms with E-state index >= 15 is 0 Å². The molecular formula is C10H10N2O4. The van der Waals surface area contributed by atoms with Crippen molar-refractivity contribution in [3.63, 3.8) is 0 Å². The molecule has 6 nitrogen and oxygen atoms in total. The minimum Gasteiger partial charge on any atom is -0.370 e. The van der Waals surface area contributed by atoms with E-state index in [1.54, 1.807) is 0 Å². The lowest BCUT2D eigenvalue weighted by Gasteiger charge is -2.26. The molecule has 1 fully saturated rings. The van der Waals surface area contributed by atoms with E-state index in [0.717, 1.165) is 4.90 Å². The molecule has 1 saturated heterocycles. The fourth-order valence-corrected chi connectivity index (χ4v) is 1.36. The zero-order chi connectivity index (χ0) is 13.3. The molecule has 1 aliphatic heterocycles. The van der Waals surface area contributed by atoms with Gasteiger partial charge in [-0.25, -0.2) is 0 Å². The molecule has 1 amide bonds. The van der Waals surface area contributed by atoms with Gasteiger partial charge in [0.1, 0.15) is 6.61 Å². The quantitative estimate of drug-likeness (QED) is 0.554. The average Bonchev–Trinajstić information content (AvgIpc) is 2.28. The second-order valence-corrected chi connectivity index (χ2v) is 3.15. The predicted octanol–water partition coefficient (Wildman–Crippen LogP) is 0.958. The van der Waals surface area contributed by atoms with Gasteiger partial charge in [-0.15, -0.1) is 0 Å². The van der Waals surface area contributed by atoms with Crippen LogP contribution in [-0.2, 0) is 9.53 Å². The number of nitro groups is 1. The number of carbonyl (C=O) groups excluding carboxylic acids is 1. The molecule has 16 heavy (non-hydrogen) atoms. The van der Waals surface area contributed by atoms with Crippen LogP contribution in [0.25, 0.3) is 0 Å². The predicted molar refractivity (Wildman–Crippen MR) is 56.3 cm³/mol. The van der Waals surface area contributed by atoms with Crippen molar-refractivity contribution in [3.8, 4) is 0 Å². The van der Waals surface area contributed by atoms with Crippen LogP contribution in [-0.4, -0.2) is 30.5 Å². The molecule has 1 aromatic carbocycles. The number of rotatable bonds is 2. The number of carbonyl (C=O) groups is 1. The first-order valence-corrected chi connectivity index (χ1v) is 4.57. The number of nitrogens with zero attached hydrogens (tertiary/aromatic N) is 2. The molecule has 0 N–H and O–H groups in total. The maximum absolute atomic E-state index is 11.7. The lowest BCUT2D eigenvalue weighted by atomic mass is 10.2. The zero-order valence-corrected chi connectivity index (χ0v) is 8.25. The lowest BCUT2D eigenvalue weighted by Crippen LogP contribution is -2.41. The fourth-order valence-electron chi connectivity index (χ4n) is 1.36. The van der Waals surface area contributed by atoms with Crippen LogP contribution in [0.3, 0.4) is 0 Å². The van der Waals surface area contributed by atoms with Gasteiger partial charge in [-0.05, 0) is 12.1 Å². The van der Waals surface area contributed by atoms with E-state index in [-0.39, 0.29) is 24.6 Å². The van der Waals surface area contributed by atoms with Gasteiger partial charge in [0.15, 0.2) is 0 Å². The minimum atomic E-state index is -1.95. The Morgan fingerprint density at radius 2 is 2.12 bits per heavy atom. The van der Waals surface area contributed by atoms with Gasteiger partial charge in [0.25, 0.3) is 11.6 Å². The first kappa shape index (κ1) is 8.23. The van der Waals surface area contributed by atoms with Gasteiger partial charge in [0, 0.05) is 24.3 Å². The molecule has 0 radical (unpaired) electrons. The van der Waals surface area contributed by atoms with E-state index in [9.17, 15) is 14.9 Å². The molecule has 0 unspecified atom stereocenters. The Morgan fingerprint density at radius 3 is 2.69 bits per heavy atom. The van der Waals surface area contributed by atoms with Crippen LogP contribution >= 0.6 is 0 Å². The monoisotopic (exact) mass is 224 g/mol. The summed E-state index contributed by atoms with van der Waals surface area (Å²) in [6.07, 6.45) is 0. The molecule has 6 heteroatoms. The Kier molecular flexibility index (Phi) is 2.20. The number of amides is 1. The summed E-state index contributed by atoms with van der Waals surface area (Å²) in [5.74, 6) is -0.514. The number of nitro benzene ring substituents is 1. The molecule has 0 bridgehead atoms. The number of benzene rings is 1. The van der Waals surface area contributed by atoms with Gasteiger partial charge >= 0.3 is 0 Å². The first-order chi connectivity index (χ1) is 8.42. The summed E-state index contributed by atoms with van der Waals surface area (Å²) >= 11 is 0. The second-order valence-electron chi connectivity index (χ2n) is 3.15. The zero-order valence-electron chi connectivity index (χ0n) is 10.3. The molecule has 2 rings (SSSR count). The van der Waals surface area contributed by atoms with Crippen molar-refractivity contribution in [2.24, 2.45) is 0 Å². The Hall–Kier alpha value is -1.95. The van der Waals surface area contributed by atoms with Crippen LogP contribution in [0, 0.1) is 10.1 Å². The third-order valence-electron chi connectivity index (χ3n) is 2.12. The van der Waals surface area contributed by atoms with Crippen LogP contribution in [0.2, 0.25) is 0 Å². The fraction of sp³-hybridized carbons (Fsp3) is 0.300. The van der Waals surface area contributed by atoms with Gasteiger partial charge in [0.2, 0.25) is 0 Å². The average molecular weight is 224 g/mol. The van der Waals surface area contributed by atoms with Crippen LogP contribution in [0.15, 0.2) is 24.3 Å². The molecule has 0 aliphatic carbocycles. The summed E-state index contributed by atoms with van der Waals surface area (Å²) in [4.78, 5) is 22.6. The molecule has 0 saturated carbocycles. The third kappa shape index (κ3) is 2.01. The standard InChI is InChI=1S/C10H10N2O4/c13-10-7-16-6-5-11(10)8-1-3-9(4-2-8)12(14)15/h1-4H,5-7H2/i5D2. The maximum atomic E-state index is 11.7. The van der Waals surface area contributed by atoms with Gasteiger partial charge < -0.3 is 9.64 Å². The van der Waals surface area contributed by atoms with Crippen molar-refractivity contribution >= 4 is 17.3 Å². The normalized spacial score (nSPS) is 21.2. The highest BCUT2D eigenvalue weighted by molar-refractivity contribution is 5.94. The highest BCUT2D eigenvalue weighted by Crippen LogP contribution is 2.20. The number of hydrogen-bond donors (Lipinski definition) is 0. The van der Waals surface area contributed by atoms with E-state index in [2.05, 4.69) is 0 Å². The molecule has 1 aromatic rings.